The molecule has 1 amide bonds. The van der Waals surface area contributed by atoms with Crippen LogP contribution in [0.4, 0.5) is 9.18 Å². The van der Waals surface area contributed by atoms with Gasteiger partial charge in [0.1, 0.15) is 11.0 Å². The molecule has 1 N–H and O–H groups in total. The molecule has 0 saturated heterocycles. The van der Waals surface area contributed by atoms with Crippen LogP contribution in [0.3, 0.4) is 0 Å². The van der Waals surface area contributed by atoms with Crippen LogP contribution in [0, 0.1) is 5.82 Å². The molecular formula is C27H23Cl2FN4O. The fourth-order valence-corrected chi connectivity index (χ4v) is 4.86. The number of aromatic nitrogens is 2. The van der Waals surface area contributed by atoms with E-state index in [0.29, 0.717) is 23.3 Å². The van der Waals surface area contributed by atoms with E-state index in [4.69, 9.17) is 23.2 Å². The number of nitrogens with one attached hydrogen (secondary N) is 1. The molecule has 3 heterocycles. The second-order valence-corrected chi connectivity index (χ2v) is 9.33. The second kappa shape index (κ2) is 10.2. The zero-order valence-electron chi connectivity index (χ0n) is 18.8. The third kappa shape index (κ3) is 5.25. The summed E-state index contributed by atoms with van der Waals surface area (Å²) in [5.41, 5.74) is 4.80. The summed E-state index contributed by atoms with van der Waals surface area (Å²) in [5, 5.41) is 5.02. The number of pyridine rings is 1. The van der Waals surface area contributed by atoms with Gasteiger partial charge in [-0.25, -0.2) is 14.2 Å². The van der Waals surface area contributed by atoms with Gasteiger partial charge in [-0.05, 0) is 59.2 Å². The van der Waals surface area contributed by atoms with E-state index in [1.54, 1.807) is 29.0 Å². The molecule has 0 unspecified atom stereocenters. The molecule has 1 aliphatic heterocycles. The van der Waals surface area contributed by atoms with E-state index in [-0.39, 0.29) is 11.8 Å². The highest BCUT2D eigenvalue weighted by atomic mass is 35.5. The Labute approximate surface area is 212 Å². The highest BCUT2D eigenvalue weighted by Gasteiger charge is 2.26. The first-order valence-electron chi connectivity index (χ1n) is 11.3. The Morgan fingerprint density at radius 1 is 1.11 bits per heavy atom. The van der Waals surface area contributed by atoms with Crippen molar-refractivity contribution in [1.29, 1.82) is 0 Å². The van der Waals surface area contributed by atoms with E-state index in [1.807, 2.05) is 30.3 Å². The van der Waals surface area contributed by atoms with Crippen LogP contribution in [0.25, 0.3) is 17.0 Å². The van der Waals surface area contributed by atoms with Gasteiger partial charge in [-0.2, -0.15) is 0 Å². The number of benzene rings is 2. The summed E-state index contributed by atoms with van der Waals surface area (Å²) >= 11 is 12.3. The van der Waals surface area contributed by atoms with Gasteiger partial charge < -0.3 is 5.32 Å². The van der Waals surface area contributed by atoms with Crippen molar-refractivity contribution in [1.82, 2.24) is 19.8 Å². The lowest BCUT2D eigenvalue weighted by Crippen LogP contribution is -2.34. The quantitative estimate of drug-likeness (QED) is 0.321. The second-order valence-electron chi connectivity index (χ2n) is 8.51. The summed E-state index contributed by atoms with van der Waals surface area (Å²) in [7, 11) is 0. The smallest absolute Gasteiger partial charge is 0.326 e. The Morgan fingerprint density at radius 2 is 1.94 bits per heavy atom. The van der Waals surface area contributed by atoms with Crippen LogP contribution in [-0.2, 0) is 19.5 Å². The molecule has 2 aromatic heterocycles. The van der Waals surface area contributed by atoms with Gasteiger partial charge in [-0.1, -0.05) is 47.5 Å². The molecule has 0 fully saturated rings. The van der Waals surface area contributed by atoms with Gasteiger partial charge in [0.25, 0.3) is 0 Å². The predicted molar refractivity (Wildman–Crippen MR) is 138 cm³/mol. The van der Waals surface area contributed by atoms with Crippen molar-refractivity contribution >= 4 is 46.2 Å². The van der Waals surface area contributed by atoms with E-state index in [9.17, 15) is 9.18 Å². The molecule has 0 atom stereocenters. The maximum absolute atomic E-state index is 13.3. The number of halogens is 3. The van der Waals surface area contributed by atoms with E-state index in [1.165, 1.54) is 12.1 Å². The zero-order valence-corrected chi connectivity index (χ0v) is 20.4. The van der Waals surface area contributed by atoms with Crippen LogP contribution in [0.5, 0.6) is 0 Å². The van der Waals surface area contributed by atoms with E-state index < -0.39 is 0 Å². The average molecular weight is 509 g/mol. The van der Waals surface area contributed by atoms with Gasteiger partial charge >= 0.3 is 6.03 Å². The number of carbonyl (C=O) groups excluding carboxylic acids is 1. The molecule has 5 nitrogen and oxygen atoms in total. The van der Waals surface area contributed by atoms with Gasteiger partial charge in [-0.15, -0.1) is 0 Å². The highest BCUT2D eigenvalue weighted by molar-refractivity contribution is 6.31. The third-order valence-electron chi connectivity index (χ3n) is 6.17. The topological polar surface area (TPSA) is 50.2 Å². The van der Waals surface area contributed by atoms with E-state index in [2.05, 4.69) is 21.3 Å². The van der Waals surface area contributed by atoms with Crippen molar-refractivity contribution in [2.24, 2.45) is 0 Å². The zero-order chi connectivity index (χ0) is 24.4. The molecule has 4 aromatic rings. The van der Waals surface area contributed by atoms with Gasteiger partial charge in [0.2, 0.25) is 0 Å². The minimum absolute atomic E-state index is 0.184. The van der Waals surface area contributed by atoms with Crippen molar-refractivity contribution in [3.63, 3.8) is 0 Å². The molecule has 2 aromatic carbocycles. The normalized spacial score (nSPS) is 13.9. The summed E-state index contributed by atoms with van der Waals surface area (Å²) in [6.07, 6.45) is 6.43. The van der Waals surface area contributed by atoms with Gasteiger partial charge in [0.05, 0.1) is 5.52 Å². The Balaban J connectivity index is 1.37. The lowest BCUT2D eigenvalue weighted by molar-refractivity contribution is 0.240. The maximum Gasteiger partial charge on any atom is 0.326 e. The summed E-state index contributed by atoms with van der Waals surface area (Å²) < 4.78 is 14.9. The molecule has 0 aliphatic carbocycles. The fourth-order valence-electron chi connectivity index (χ4n) is 4.50. The molecule has 8 heteroatoms. The molecule has 35 heavy (non-hydrogen) atoms. The van der Waals surface area contributed by atoms with Crippen LogP contribution in [-0.4, -0.2) is 33.6 Å². The maximum atomic E-state index is 13.3. The summed E-state index contributed by atoms with van der Waals surface area (Å²) in [5.74, 6) is -0.241. The van der Waals surface area contributed by atoms with Crippen molar-refractivity contribution in [2.75, 3.05) is 13.1 Å². The number of rotatable bonds is 5. The minimum atomic E-state index is -0.241. The Morgan fingerprint density at radius 3 is 2.74 bits per heavy atom. The molecule has 178 valence electrons. The standard InChI is InChI=1S/C27H23Cl2FN4O/c28-20-5-8-24-22(15-20)23-17-33(12-1-2-18-3-6-21(30)7-4-18)13-10-25(23)34(24)27(35)32-16-19-9-11-31-26(29)14-19/h1-9,11,14-15H,10,12-13,16-17H2,(H,32,35). The summed E-state index contributed by atoms with van der Waals surface area (Å²) in [6.45, 7) is 2.63. The SMILES string of the molecule is O=C(NCc1ccnc(Cl)c1)n1c2c(c3cc(Cl)ccc31)CN(CC=Cc1ccc(F)cc1)CC2. The average Bonchev–Trinajstić information content (AvgIpc) is 3.17. The summed E-state index contributed by atoms with van der Waals surface area (Å²) in [6, 6.07) is 15.5. The first-order chi connectivity index (χ1) is 17.0. The Hall–Kier alpha value is -3.19. The highest BCUT2D eigenvalue weighted by Crippen LogP contribution is 2.32. The predicted octanol–water partition coefficient (Wildman–Crippen LogP) is 6.31. The molecule has 0 radical (unpaired) electrons. The number of carbonyl (C=O) groups is 1. The first-order valence-corrected chi connectivity index (χ1v) is 12.1. The van der Waals surface area contributed by atoms with Crippen LogP contribution >= 0.6 is 23.2 Å². The molecule has 1 aliphatic rings. The lowest BCUT2D eigenvalue weighted by Gasteiger charge is -2.27. The molecule has 0 saturated carbocycles. The van der Waals surface area contributed by atoms with Gasteiger partial charge in [-0.3, -0.25) is 9.47 Å². The Kier molecular flexibility index (Phi) is 6.86. The fraction of sp³-hybridized carbons (Fsp3) is 0.185. The van der Waals surface area contributed by atoms with Crippen molar-refractivity contribution < 1.29 is 9.18 Å². The van der Waals surface area contributed by atoms with Gasteiger partial charge in [0.15, 0.2) is 0 Å². The molecule has 5 rings (SSSR count). The first kappa shape index (κ1) is 23.5. The van der Waals surface area contributed by atoms with Crippen LogP contribution in [0.1, 0.15) is 22.4 Å². The lowest BCUT2D eigenvalue weighted by atomic mass is 10.0. The Bertz CT molecular complexity index is 1410. The number of hydrogen-bond donors (Lipinski definition) is 1. The molecule has 0 bridgehead atoms. The third-order valence-corrected chi connectivity index (χ3v) is 6.61. The number of fused-ring (bicyclic) bond motifs is 3. The minimum Gasteiger partial charge on any atom is -0.333 e. The molecular weight excluding hydrogens is 486 g/mol. The van der Waals surface area contributed by atoms with Crippen LogP contribution < -0.4 is 5.32 Å². The largest absolute Gasteiger partial charge is 0.333 e. The summed E-state index contributed by atoms with van der Waals surface area (Å²) in [4.78, 5) is 19.6. The number of hydrogen-bond acceptors (Lipinski definition) is 3. The van der Waals surface area contributed by atoms with E-state index >= 15 is 0 Å². The van der Waals surface area contributed by atoms with Crippen molar-refractivity contribution in [3.05, 3.63) is 105 Å². The van der Waals surface area contributed by atoms with Crippen molar-refractivity contribution in [2.45, 2.75) is 19.5 Å². The molecule has 0 spiro atoms. The van der Waals surface area contributed by atoms with Crippen LogP contribution in [0.15, 0.2) is 66.9 Å². The number of amides is 1. The van der Waals surface area contributed by atoms with Crippen LogP contribution in [0.2, 0.25) is 10.2 Å². The monoisotopic (exact) mass is 508 g/mol. The number of nitrogens with zero attached hydrogens (tertiary/aromatic N) is 3. The van der Waals surface area contributed by atoms with Crippen molar-refractivity contribution in [3.8, 4) is 0 Å². The van der Waals surface area contributed by atoms with E-state index in [0.717, 1.165) is 52.8 Å². The van der Waals surface area contributed by atoms with Gasteiger partial charge in [0, 0.05) is 54.9 Å².